The van der Waals surface area contributed by atoms with Crippen LogP contribution in [-0.2, 0) is 0 Å². The van der Waals surface area contributed by atoms with Crippen LogP contribution in [0.3, 0.4) is 0 Å². The number of hydrogen-bond donors (Lipinski definition) is 0. The van der Waals surface area contributed by atoms with E-state index in [1.54, 1.807) is 0 Å². The third kappa shape index (κ3) is 3.29. The fourth-order valence-electron chi connectivity index (χ4n) is 2.92. The zero-order valence-electron chi connectivity index (χ0n) is 10.0. The van der Waals surface area contributed by atoms with Crippen molar-refractivity contribution < 1.29 is 4.92 Å². The summed E-state index contributed by atoms with van der Waals surface area (Å²) in [5, 5.41) is 10.8. The number of nitrogens with zero attached hydrogens (tertiary/aromatic N) is 1. The van der Waals surface area contributed by atoms with Gasteiger partial charge in [0.25, 0.3) is 0 Å². The summed E-state index contributed by atoms with van der Waals surface area (Å²) in [5.74, 6) is 0.600. The Balaban J connectivity index is 2.15. The maximum Gasteiger partial charge on any atom is 0.210 e. The Kier molecular flexibility index (Phi) is 4.13. The highest BCUT2D eigenvalue weighted by Gasteiger charge is 2.28. The lowest BCUT2D eigenvalue weighted by Crippen LogP contribution is -2.23. The third-order valence-corrected chi connectivity index (χ3v) is 3.79. The van der Waals surface area contributed by atoms with Crippen LogP contribution < -0.4 is 0 Å². The van der Waals surface area contributed by atoms with E-state index < -0.39 is 0 Å². The highest BCUT2D eigenvalue weighted by molar-refractivity contribution is 5.20. The molecule has 1 atom stereocenters. The van der Waals surface area contributed by atoms with E-state index in [2.05, 4.69) is 0 Å². The van der Waals surface area contributed by atoms with Crippen LogP contribution in [0.5, 0.6) is 0 Å². The monoisotopic (exact) mass is 233 g/mol. The molecule has 0 spiro atoms. The highest BCUT2D eigenvalue weighted by Crippen LogP contribution is 2.36. The van der Waals surface area contributed by atoms with E-state index in [0.717, 1.165) is 18.4 Å². The highest BCUT2D eigenvalue weighted by atomic mass is 16.6. The van der Waals surface area contributed by atoms with Gasteiger partial charge in [0.1, 0.15) is 0 Å². The van der Waals surface area contributed by atoms with Crippen LogP contribution in [0.25, 0.3) is 0 Å². The molecule has 17 heavy (non-hydrogen) atoms. The van der Waals surface area contributed by atoms with Gasteiger partial charge in [0, 0.05) is 4.92 Å². The maximum atomic E-state index is 10.8. The van der Waals surface area contributed by atoms with Gasteiger partial charge in [-0.3, -0.25) is 10.1 Å². The van der Waals surface area contributed by atoms with Gasteiger partial charge in [0.15, 0.2) is 0 Å². The van der Waals surface area contributed by atoms with Crippen molar-refractivity contribution in [3.05, 3.63) is 46.0 Å². The van der Waals surface area contributed by atoms with Gasteiger partial charge in [-0.05, 0) is 24.3 Å². The van der Waals surface area contributed by atoms with E-state index in [1.807, 2.05) is 30.3 Å². The summed E-state index contributed by atoms with van der Waals surface area (Å²) < 4.78 is 0. The Morgan fingerprint density at radius 1 is 1.18 bits per heavy atom. The van der Waals surface area contributed by atoms with Gasteiger partial charge in [-0.1, -0.05) is 49.6 Å². The van der Waals surface area contributed by atoms with E-state index in [4.69, 9.17) is 0 Å². The number of nitro groups is 1. The smallest absolute Gasteiger partial charge is 0.210 e. The molecule has 1 aromatic rings. The quantitative estimate of drug-likeness (QED) is 0.588. The topological polar surface area (TPSA) is 43.1 Å². The summed E-state index contributed by atoms with van der Waals surface area (Å²) in [6, 6.07) is 9.98. The summed E-state index contributed by atoms with van der Waals surface area (Å²) in [5.41, 5.74) is 1.14. The molecule has 0 amide bonds. The zero-order valence-corrected chi connectivity index (χ0v) is 10.0. The largest absolute Gasteiger partial charge is 0.265 e. The van der Waals surface area contributed by atoms with Crippen molar-refractivity contribution in [1.82, 2.24) is 0 Å². The van der Waals surface area contributed by atoms with Crippen LogP contribution in [0.1, 0.15) is 43.6 Å². The molecule has 1 aliphatic rings. The lowest BCUT2D eigenvalue weighted by Gasteiger charge is -2.28. The molecule has 0 heterocycles. The second-order valence-electron chi connectivity index (χ2n) is 4.93. The number of rotatable bonds is 4. The van der Waals surface area contributed by atoms with E-state index in [9.17, 15) is 10.1 Å². The van der Waals surface area contributed by atoms with Gasteiger partial charge < -0.3 is 0 Å². The van der Waals surface area contributed by atoms with E-state index in [0.29, 0.717) is 5.92 Å². The molecule has 3 heteroatoms. The van der Waals surface area contributed by atoms with Gasteiger partial charge >= 0.3 is 0 Å². The standard InChI is InChI=1S/C14H19NO2/c16-15(17)11-14(12-7-3-1-4-8-12)13-9-5-2-6-10-13/h1,3-4,7-8,13-14H,2,5-6,9-11H2/t14-/m0/s1. The molecule has 0 saturated heterocycles. The molecule has 0 unspecified atom stereocenters. The van der Waals surface area contributed by atoms with Gasteiger partial charge in [0.05, 0.1) is 5.92 Å². The average Bonchev–Trinajstić information content (AvgIpc) is 2.38. The minimum atomic E-state index is -0.160. The third-order valence-electron chi connectivity index (χ3n) is 3.79. The fourth-order valence-corrected chi connectivity index (χ4v) is 2.92. The zero-order chi connectivity index (χ0) is 12.1. The first-order valence-corrected chi connectivity index (χ1v) is 6.44. The number of benzene rings is 1. The van der Waals surface area contributed by atoms with Crippen LogP contribution in [0.4, 0.5) is 0 Å². The minimum absolute atomic E-state index is 0.0781. The molecule has 1 aromatic carbocycles. The SMILES string of the molecule is O=[N+]([O-])C[C@@H](c1ccccc1)C1CCCCC1. The Bertz CT molecular complexity index is 358. The van der Waals surface area contributed by atoms with Gasteiger partial charge in [0.2, 0.25) is 6.54 Å². The van der Waals surface area contributed by atoms with Crippen molar-refractivity contribution in [2.75, 3.05) is 6.54 Å². The molecule has 3 nitrogen and oxygen atoms in total. The first-order chi connectivity index (χ1) is 8.27. The van der Waals surface area contributed by atoms with E-state index in [-0.39, 0.29) is 17.4 Å². The van der Waals surface area contributed by atoms with Crippen molar-refractivity contribution in [2.45, 2.75) is 38.0 Å². The molecule has 2 rings (SSSR count). The summed E-state index contributed by atoms with van der Waals surface area (Å²) in [4.78, 5) is 10.7. The van der Waals surface area contributed by atoms with Crippen LogP contribution in [0.15, 0.2) is 30.3 Å². The second kappa shape index (κ2) is 5.80. The summed E-state index contributed by atoms with van der Waals surface area (Å²) in [6.45, 7) is 0.0781. The van der Waals surface area contributed by atoms with E-state index >= 15 is 0 Å². The average molecular weight is 233 g/mol. The predicted octanol–water partition coefficient (Wildman–Crippen LogP) is 3.63. The van der Waals surface area contributed by atoms with Crippen molar-refractivity contribution >= 4 is 0 Å². The molecule has 1 fully saturated rings. The molecule has 0 radical (unpaired) electrons. The van der Waals surface area contributed by atoms with E-state index in [1.165, 1.54) is 19.3 Å². The van der Waals surface area contributed by atoms with Gasteiger partial charge in [-0.15, -0.1) is 0 Å². The fraction of sp³-hybridized carbons (Fsp3) is 0.571. The molecular weight excluding hydrogens is 214 g/mol. The molecule has 0 bridgehead atoms. The van der Waals surface area contributed by atoms with Gasteiger partial charge in [-0.2, -0.15) is 0 Å². The predicted molar refractivity (Wildman–Crippen MR) is 67.6 cm³/mol. The van der Waals surface area contributed by atoms with Crippen molar-refractivity contribution in [3.8, 4) is 0 Å². The maximum absolute atomic E-state index is 10.8. The first-order valence-electron chi connectivity index (χ1n) is 6.44. The molecule has 92 valence electrons. The van der Waals surface area contributed by atoms with Crippen LogP contribution in [0, 0.1) is 16.0 Å². The molecular formula is C14H19NO2. The Labute approximate surface area is 102 Å². The van der Waals surface area contributed by atoms with Crippen LogP contribution >= 0.6 is 0 Å². The Morgan fingerprint density at radius 2 is 1.82 bits per heavy atom. The summed E-state index contributed by atoms with van der Waals surface area (Å²) >= 11 is 0. The molecule has 0 aliphatic heterocycles. The van der Waals surface area contributed by atoms with Gasteiger partial charge in [-0.25, -0.2) is 0 Å². The molecule has 0 N–H and O–H groups in total. The Morgan fingerprint density at radius 3 is 2.41 bits per heavy atom. The Hall–Kier alpha value is -1.38. The second-order valence-corrected chi connectivity index (χ2v) is 4.93. The summed E-state index contributed by atoms with van der Waals surface area (Å²) in [7, 11) is 0. The normalized spacial score (nSPS) is 18.8. The lowest BCUT2D eigenvalue weighted by molar-refractivity contribution is -0.485. The summed E-state index contributed by atoms with van der Waals surface area (Å²) in [6.07, 6.45) is 6.04. The van der Waals surface area contributed by atoms with Crippen molar-refractivity contribution in [2.24, 2.45) is 5.92 Å². The molecule has 1 saturated carbocycles. The molecule has 1 aliphatic carbocycles. The van der Waals surface area contributed by atoms with Crippen molar-refractivity contribution in [1.29, 1.82) is 0 Å². The minimum Gasteiger partial charge on any atom is -0.265 e. The van der Waals surface area contributed by atoms with Crippen LogP contribution in [-0.4, -0.2) is 11.5 Å². The van der Waals surface area contributed by atoms with Crippen molar-refractivity contribution in [3.63, 3.8) is 0 Å². The number of hydrogen-bond acceptors (Lipinski definition) is 2. The first kappa shape index (κ1) is 12.1. The lowest BCUT2D eigenvalue weighted by atomic mass is 9.77. The van der Waals surface area contributed by atoms with Crippen LogP contribution in [0.2, 0.25) is 0 Å². The molecule has 0 aromatic heterocycles.